The molecule has 0 bridgehead atoms. The molecule has 2 N–H and O–H groups in total. The van der Waals surface area contributed by atoms with Crippen LogP contribution in [-0.2, 0) is 0 Å². The lowest BCUT2D eigenvalue weighted by atomic mass is 9.99. The quantitative estimate of drug-likeness (QED) is 0.874. The lowest BCUT2D eigenvalue weighted by molar-refractivity contribution is 0.150. The first kappa shape index (κ1) is 14.5. The van der Waals surface area contributed by atoms with Gasteiger partial charge >= 0.3 is 0 Å². The van der Waals surface area contributed by atoms with Gasteiger partial charge in [0.1, 0.15) is 0 Å². The first-order valence-corrected chi connectivity index (χ1v) is 6.53. The highest BCUT2D eigenvalue weighted by atomic mass is 35.5. The highest BCUT2D eigenvalue weighted by molar-refractivity contribution is 6.31. The molecule has 0 aromatic heterocycles. The zero-order valence-electron chi connectivity index (χ0n) is 11.2. The van der Waals surface area contributed by atoms with Crippen molar-refractivity contribution in [3.8, 4) is 0 Å². The average molecular weight is 255 g/mol. The number of rotatable bonds is 5. The molecule has 1 rings (SSSR count). The van der Waals surface area contributed by atoms with Gasteiger partial charge in [-0.2, -0.15) is 0 Å². The summed E-state index contributed by atoms with van der Waals surface area (Å²) in [5.41, 5.74) is 7.02. The van der Waals surface area contributed by atoms with Crippen molar-refractivity contribution in [3.05, 3.63) is 34.9 Å². The van der Waals surface area contributed by atoms with Gasteiger partial charge < -0.3 is 5.73 Å². The van der Waals surface area contributed by atoms with Crippen molar-refractivity contribution in [3.63, 3.8) is 0 Å². The van der Waals surface area contributed by atoms with Gasteiger partial charge in [0.15, 0.2) is 0 Å². The molecule has 0 aliphatic carbocycles. The molecule has 0 radical (unpaired) electrons. The van der Waals surface area contributed by atoms with Gasteiger partial charge in [-0.15, -0.1) is 0 Å². The van der Waals surface area contributed by atoms with Gasteiger partial charge in [0.2, 0.25) is 0 Å². The number of hydrogen-bond acceptors (Lipinski definition) is 2. The summed E-state index contributed by atoms with van der Waals surface area (Å²) in [6, 6.07) is 8.66. The maximum atomic E-state index is 6.23. The van der Waals surface area contributed by atoms with Crippen LogP contribution in [-0.4, -0.2) is 24.5 Å². The predicted molar refractivity (Wildman–Crippen MR) is 75.3 cm³/mol. The largest absolute Gasteiger partial charge is 0.329 e. The lowest BCUT2D eigenvalue weighted by Gasteiger charge is -2.35. The summed E-state index contributed by atoms with van der Waals surface area (Å²) in [5, 5.41) is 0.825. The number of nitrogens with two attached hydrogens (primary N) is 1. The minimum Gasteiger partial charge on any atom is -0.329 e. The van der Waals surface area contributed by atoms with E-state index >= 15 is 0 Å². The first-order chi connectivity index (χ1) is 7.99. The van der Waals surface area contributed by atoms with Crippen LogP contribution in [0.3, 0.4) is 0 Å². The molecule has 0 spiro atoms. The fraction of sp³-hybridized carbons (Fsp3) is 0.571. The molecule has 0 saturated carbocycles. The second kappa shape index (κ2) is 6.39. The molecule has 0 aliphatic heterocycles. The molecule has 0 aliphatic rings. The van der Waals surface area contributed by atoms with Crippen molar-refractivity contribution in [2.24, 2.45) is 11.7 Å². The van der Waals surface area contributed by atoms with Crippen LogP contribution in [0, 0.1) is 5.92 Å². The van der Waals surface area contributed by atoms with Crippen LogP contribution in [0.1, 0.15) is 32.4 Å². The van der Waals surface area contributed by atoms with Crippen LogP contribution in [0.25, 0.3) is 0 Å². The van der Waals surface area contributed by atoms with Gasteiger partial charge in [-0.1, -0.05) is 43.6 Å². The summed E-state index contributed by atoms with van der Waals surface area (Å²) in [5.74, 6) is 0.537. The van der Waals surface area contributed by atoms with E-state index in [0.29, 0.717) is 18.5 Å². The van der Waals surface area contributed by atoms with Crippen LogP contribution in [0.5, 0.6) is 0 Å². The third-order valence-electron chi connectivity index (χ3n) is 3.50. The summed E-state index contributed by atoms with van der Waals surface area (Å²) in [4.78, 5) is 2.31. The van der Waals surface area contributed by atoms with E-state index in [-0.39, 0.29) is 6.04 Å². The minimum atomic E-state index is 0.277. The van der Waals surface area contributed by atoms with E-state index in [4.69, 9.17) is 17.3 Å². The fourth-order valence-electron chi connectivity index (χ4n) is 2.23. The Bertz CT molecular complexity index is 352. The Morgan fingerprint density at radius 2 is 1.82 bits per heavy atom. The predicted octanol–water partition coefficient (Wildman–Crippen LogP) is 3.32. The summed E-state index contributed by atoms with van der Waals surface area (Å²) < 4.78 is 0. The topological polar surface area (TPSA) is 29.3 Å². The minimum absolute atomic E-state index is 0.277. The lowest BCUT2D eigenvalue weighted by Crippen LogP contribution is -2.43. The molecule has 96 valence electrons. The number of benzene rings is 1. The number of halogens is 1. The third-order valence-corrected chi connectivity index (χ3v) is 3.84. The molecule has 17 heavy (non-hydrogen) atoms. The van der Waals surface area contributed by atoms with Crippen LogP contribution < -0.4 is 5.73 Å². The second-order valence-electron chi connectivity index (χ2n) is 4.91. The van der Waals surface area contributed by atoms with Crippen LogP contribution in [0.4, 0.5) is 0 Å². The summed E-state index contributed by atoms with van der Waals surface area (Å²) in [6.45, 7) is 7.25. The Labute approximate surface area is 110 Å². The second-order valence-corrected chi connectivity index (χ2v) is 5.32. The SMILES string of the molecule is CC(C)C(CN)N(C)C(C)c1ccccc1Cl. The van der Waals surface area contributed by atoms with Gasteiger partial charge in [0.25, 0.3) is 0 Å². The summed E-state index contributed by atoms with van der Waals surface area (Å²) >= 11 is 6.23. The number of hydrogen-bond donors (Lipinski definition) is 1. The smallest absolute Gasteiger partial charge is 0.0453 e. The molecule has 2 atom stereocenters. The van der Waals surface area contributed by atoms with Gasteiger partial charge in [-0.3, -0.25) is 4.90 Å². The molecular formula is C14H23ClN2. The van der Waals surface area contributed by atoms with Crippen molar-refractivity contribution in [1.29, 1.82) is 0 Å². The maximum absolute atomic E-state index is 6.23. The maximum Gasteiger partial charge on any atom is 0.0453 e. The highest BCUT2D eigenvalue weighted by Crippen LogP contribution is 2.28. The fourth-order valence-corrected chi connectivity index (χ4v) is 2.52. The molecule has 2 unspecified atom stereocenters. The van der Waals surface area contributed by atoms with Crippen LogP contribution >= 0.6 is 11.6 Å². The standard InChI is InChI=1S/C14H23ClN2/c1-10(2)14(9-16)17(4)11(3)12-7-5-6-8-13(12)15/h5-8,10-11,14H,9,16H2,1-4H3. The molecule has 0 saturated heterocycles. The first-order valence-electron chi connectivity index (χ1n) is 6.15. The van der Waals surface area contributed by atoms with Crippen molar-refractivity contribution in [2.45, 2.75) is 32.9 Å². The van der Waals surface area contributed by atoms with Gasteiger partial charge in [-0.05, 0) is 31.5 Å². The molecule has 2 nitrogen and oxygen atoms in total. The summed E-state index contributed by atoms with van der Waals surface area (Å²) in [6.07, 6.45) is 0. The Kier molecular flexibility index (Phi) is 5.44. The normalized spacial score (nSPS) is 15.3. The van der Waals surface area contributed by atoms with E-state index < -0.39 is 0 Å². The Morgan fingerprint density at radius 3 is 2.29 bits per heavy atom. The molecule has 0 fully saturated rings. The monoisotopic (exact) mass is 254 g/mol. The Hall–Kier alpha value is -0.570. The average Bonchev–Trinajstić information content (AvgIpc) is 2.29. The van der Waals surface area contributed by atoms with Crippen molar-refractivity contribution in [1.82, 2.24) is 4.90 Å². The molecular weight excluding hydrogens is 232 g/mol. The third kappa shape index (κ3) is 3.44. The van der Waals surface area contributed by atoms with Gasteiger partial charge in [0, 0.05) is 23.7 Å². The van der Waals surface area contributed by atoms with E-state index in [1.165, 1.54) is 0 Å². The molecule has 3 heteroatoms. The number of nitrogens with zero attached hydrogens (tertiary/aromatic N) is 1. The zero-order chi connectivity index (χ0) is 13.0. The van der Waals surface area contributed by atoms with Gasteiger partial charge in [-0.25, -0.2) is 0 Å². The van der Waals surface area contributed by atoms with E-state index in [1.54, 1.807) is 0 Å². The van der Waals surface area contributed by atoms with Crippen molar-refractivity contribution in [2.75, 3.05) is 13.6 Å². The van der Waals surface area contributed by atoms with E-state index in [2.05, 4.69) is 38.8 Å². The molecule has 1 aromatic rings. The summed E-state index contributed by atoms with van der Waals surface area (Å²) in [7, 11) is 2.12. The van der Waals surface area contributed by atoms with Crippen molar-refractivity contribution < 1.29 is 0 Å². The van der Waals surface area contributed by atoms with E-state index in [9.17, 15) is 0 Å². The Morgan fingerprint density at radius 1 is 1.24 bits per heavy atom. The van der Waals surface area contributed by atoms with Gasteiger partial charge in [0.05, 0.1) is 0 Å². The molecule has 0 heterocycles. The van der Waals surface area contributed by atoms with Crippen LogP contribution in [0.2, 0.25) is 5.02 Å². The van der Waals surface area contributed by atoms with Crippen LogP contribution in [0.15, 0.2) is 24.3 Å². The molecule has 0 amide bonds. The molecule has 1 aromatic carbocycles. The highest BCUT2D eigenvalue weighted by Gasteiger charge is 2.23. The van der Waals surface area contributed by atoms with E-state index in [1.807, 2.05) is 18.2 Å². The number of likely N-dealkylation sites (N-methyl/N-ethyl adjacent to an activating group) is 1. The zero-order valence-corrected chi connectivity index (χ0v) is 11.9. The van der Waals surface area contributed by atoms with Crippen molar-refractivity contribution >= 4 is 11.6 Å². The Balaban J connectivity index is 2.89. The van der Waals surface area contributed by atoms with E-state index in [0.717, 1.165) is 10.6 Å².